The van der Waals surface area contributed by atoms with Crippen molar-refractivity contribution >= 4 is 170 Å². The van der Waals surface area contributed by atoms with Gasteiger partial charge in [0.05, 0.1) is 95.0 Å². The lowest BCUT2D eigenvalue weighted by molar-refractivity contribution is -0.0571. The molecule has 0 aromatic carbocycles. The highest BCUT2D eigenvalue weighted by molar-refractivity contribution is 8.44. The number of ether oxygens (including phenoxy) is 7. The van der Waals surface area contributed by atoms with Gasteiger partial charge in [-0.3, -0.25) is 80.1 Å². The summed E-state index contributed by atoms with van der Waals surface area (Å²) in [4.78, 5) is 225. The van der Waals surface area contributed by atoms with Crippen LogP contribution in [0.15, 0.2) is 99.4 Å². The molecule has 7 saturated heterocycles. The van der Waals surface area contributed by atoms with E-state index in [1.807, 2.05) is 0 Å². The Balaban J connectivity index is 0.606. The predicted octanol–water partition coefficient (Wildman–Crippen LogP) is 1.23. The van der Waals surface area contributed by atoms with Crippen LogP contribution in [0.25, 0.3) is 22.3 Å². The van der Waals surface area contributed by atoms with Crippen molar-refractivity contribution in [2.24, 2.45) is 0 Å². The summed E-state index contributed by atoms with van der Waals surface area (Å²) in [6, 6.07) is 0. The van der Waals surface area contributed by atoms with Gasteiger partial charge in [0, 0.05) is 111 Å². The number of thiol groups is 1. The Bertz CT molecular complexity index is 7300. The SMILES string of the molecule is COP(O)(=S)OC1C[C@H](n2cc(C)c(=O)[nH]c2=O)O[C@@H]1COP(O)(=S)OC1C[C@H](n2cc(C)c(=O)[nH]c2=O)O[C@@H]1COP(O)(=S)OC1C[C@H](n2cc(C)c(=O)[nH]c2=O)O[C@@H]1COP(O)(=S)OC1C[C@H](n2cc(C)c(N)nc2=O)O[C@@H]1COP(=O)(S)OC1C[C@H](n2cnc3c(N)ncnc32)O[C@@H]1COP(O)(=S)OC1C[C@H](n2cnc3c(N)ncnc32)O[C@@H]1COP(O)(=S)OC1C[C@H](n2cc(C)c(=O)[nH]c2=O)O[C@@H]1C. The molecule has 9 aromatic heterocycles. The zero-order valence-electron chi connectivity index (χ0n) is 75.4. The van der Waals surface area contributed by atoms with E-state index in [-0.39, 0.29) is 101 Å². The average Bonchev–Trinajstić information content (AvgIpc) is 1.46. The Morgan fingerprint density at radius 1 is 0.364 bits per heavy atom. The Morgan fingerprint density at radius 2 is 0.622 bits per heavy atom. The zero-order chi connectivity index (χ0) is 103. The molecule has 0 amide bonds. The third kappa shape index (κ3) is 25.9. The summed E-state index contributed by atoms with van der Waals surface area (Å²) in [5.41, 5.74) is 12.6. The van der Waals surface area contributed by atoms with E-state index in [0.29, 0.717) is 5.56 Å². The van der Waals surface area contributed by atoms with Gasteiger partial charge in [-0.15, -0.1) is 0 Å². The molecule has 16 N–H and O–H groups in total. The number of aromatic nitrogens is 18. The lowest BCUT2D eigenvalue weighted by Crippen LogP contribution is -2.33. The maximum atomic E-state index is 15.1. The monoisotopic (exact) mass is 2270 g/mol. The summed E-state index contributed by atoms with van der Waals surface area (Å²) in [6.45, 7) is -27.4. The van der Waals surface area contributed by atoms with Crippen molar-refractivity contribution in [2.75, 3.05) is 64.0 Å². The molecule has 28 atom stereocenters. The summed E-state index contributed by atoms with van der Waals surface area (Å²) in [6.07, 6.45) is -17.6. The molecule has 72 heteroatoms. The molecule has 7 aliphatic rings. The quantitative estimate of drug-likeness (QED) is 0.0190. The third-order valence-corrected chi connectivity index (χ3v) is 34.9. The molecule has 0 aliphatic carbocycles. The number of nitrogens with one attached hydrogen (secondary N) is 4. The standard InChI is InChI=1S/C71H94N21O37P7S7/c1-30-15-86(67(97)81-58(30)72)50-10-38(125-133(105,140)112-22-46-40(12-53(120-46)90-19-34(5)66(96)85-71(90)101)127-134(106,141)113-23-45-39(11-52(119-45)89-18-33(4)65(95)84-70(89)100)126-132(104,139)111-20-43-37(124-130(102,137)109-7)9-51(117-43)88-17-32(3)64(94)83-69(88)99)44(118-50)21-114-135(107,142)129-42-14-55(92-29-80-57-60(74)76-27-78-62(57)92)122-48(42)25-115-136(108,143)128-41-13-54(91-28-79-56-59(73)75-26-77-61(56)91)121-47(41)24-110-131(103,138)123-36-8-49(116-35(36)6)87-16-31(2)63(93)82-68(87)98/h15-19,26-29,35-55H,8-14,20-25H2,1-7H3,(H,102,137)(H,103,138)(H,104,139)(H,105,140)(H,106,141)(H,107,142)(H,108,143)(H2,72,81,97)(H2,73,75,77)(H2,74,76,78)(H,82,93,98)(H,83,94,99)(H,84,95,100)(H,85,96,101)/t35-,36?,37?,38?,39?,40?,41?,42?,43-,44-,45-,46-,47-,48-,49-,50-,51-,52-,53-,54-,55-,130?,131?,132?,133?,134?,135?,136?/m1/s1. The summed E-state index contributed by atoms with van der Waals surface area (Å²) >= 11 is 37.5. The fourth-order valence-electron chi connectivity index (χ4n) is 16.5. The Morgan fingerprint density at radius 3 is 0.937 bits per heavy atom. The van der Waals surface area contributed by atoms with Crippen molar-refractivity contribution in [1.29, 1.82) is 0 Å². The minimum atomic E-state index is -4.84. The summed E-state index contributed by atoms with van der Waals surface area (Å²) in [5.74, 6) is -0.109. The molecular formula is C71H94N21O37P7S7. The summed E-state index contributed by atoms with van der Waals surface area (Å²) in [5, 5.41) is 0. The largest absolute Gasteiger partial charge is 0.386 e. The van der Waals surface area contributed by atoms with E-state index < -0.39 is 273 Å². The minimum Gasteiger partial charge on any atom is -0.383 e. The Labute approximate surface area is 839 Å². The number of nitrogens with two attached hydrogens (primary N) is 3. The molecule has 14 unspecified atom stereocenters. The van der Waals surface area contributed by atoms with Gasteiger partial charge in [-0.25, -0.2) is 58.4 Å². The van der Waals surface area contributed by atoms with Gasteiger partial charge in [0.2, 0.25) is 0 Å². The van der Waals surface area contributed by atoms with Crippen molar-refractivity contribution in [2.45, 2.75) is 216 Å². The first-order chi connectivity index (χ1) is 67.2. The lowest BCUT2D eigenvalue weighted by atomic mass is 10.2. The topological polar surface area (TPSA) is 752 Å². The number of imidazole rings is 2. The van der Waals surface area contributed by atoms with E-state index in [4.69, 9.17) is 185 Å². The van der Waals surface area contributed by atoms with E-state index in [1.54, 1.807) is 13.8 Å². The molecule has 0 spiro atoms. The van der Waals surface area contributed by atoms with Crippen LogP contribution in [-0.2, 0) is 172 Å². The van der Waals surface area contributed by atoms with Crippen LogP contribution >= 0.6 is 59.4 Å². The van der Waals surface area contributed by atoms with Crippen LogP contribution in [0.4, 0.5) is 17.5 Å². The van der Waals surface area contributed by atoms with Crippen molar-refractivity contribution in [3.8, 4) is 0 Å². The summed E-state index contributed by atoms with van der Waals surface area (Å²) < 4.78 is 151. The number of anilines is 3. The molecule has 7 fully saturated rings. The molecule has 7 aliphatic heterocycles. The van der Waals surface area contributed by atoms with Gasteiger partial charge in [0.25, 0.3) is 22.2 Å². The number of hydrogen-bond acceptors (Lipinski definition) is 47. The first-order valence-corrected chi connectivity index (χ1v) is 61.1. The van der Waals surface area contributed by atoms with Gasteiger partial charge in [-0.2, -0.15) is 4.98 Å². The molecule has 0 radical (unpaired) electrons. The Hall–Kier alpha value is -6.50. The molecule has 143 heavy (non-hydrogen) atoms. The van der Waals surface area contributed by atoms with E-state index in [2.05, 4.69) is 67.1 Å². The second-order valence-corrected chi connectivity index (χ2v) is 53.3. The van der Waals surface area contributed by atoms with E-state index in [0.717, 1.165) is 31.6 Å². The fourth-order valence-corrected chi connectivity index (χ4v) is 26.4. The molecule has 0 bridgehead atoms. The highest BCUT2D eigenvalue weighted by atomic mass is 32.7. The number of nitrogen functional groups attached to an aromatic ring is 3. The van der Waals surface area contributed by atoms with Crippen molar-refractivity contribution < 1.29 is 130 Å². The number of hydrogen-bond donors (Lipinski definition) is 14. The molecular weight excluding hydrogens is 2180 g/mol. The molecule has 16 heterocycles. The van der Waals surface area contributed by atoms with Gasteiger partial charge >= 0.3 is 75.6 Å². The lowest BCUT2D eigenvalue weighted by Gasteiger charge is -2.28. The van der Waals surface area contributed by atoms with Crippen molar-refractivity contribution in [3.05, 3.63) is 178 Å². The van der Waals surface area contributed by atoms with E-state index in [1.165, 1.54) is 91.5 Å². The van der Waals surface area contributed by atoms with Crippen LogP contribution in [0.1, 0.15) is 123 Å². The van der Waals surface area contributed by atoms with Gasteiger partial charge in [0.1, 0.15) is 116 Å². The predicted molar refractivity (Wildman–Crippen MR) is 519 cm³/mol. The Kier molecular flexibility index (Phi) is 33.5. The number of H-pyrrole nitrogens is 4. The molecule has 9 aromatic rings. The number of aromatic amines is 4. The van der Waals surface area contributed by atoms with Crippen LogP contribution in [0.5, 0.6) is 0 Å². The third-order valence-electron chi connectivity index (χ3n) is 23.6. The average molecular weight is 2270 g/mol. The van der Waals surface area contributed by atoms with Gasteiger partial charge in [-0.05, 0) is 112 Å². The normalized spacial score (nSPS) is 29.8. The number of nitrogens with zero attached hydrogens (tertiary/aromatic N) is 14. The second-order valence-electron chi connectivity index (χ2n) is 33.5. The highest BCUT2D eigenvalue weighted by Gasteiger charge is 2.52. The smallest absolute Gasteiger partial charge is 0.383 e. The van der Waals surface area contributed by atoms with Gasteiger partial charge in [-0.1, -0.05) is 12.2 Å². The first-order valence-electron chi connectivity index (χ1n) is 42.8. The maximum absolute atomic E-state index is 15.1. The van der Waals surface area contributed by atoms with E-state index >= 15 is 4.57 Å². The zero-order valence-corrected chi connectivity index (χ0v) is 87.4. The number of rotatable bonds is 40. The van der Waals surface area contributed by atoms with E-state index in [9.17, 15) is 72.5 Å². The molecule has 0 saturated carbocycles. The minimum absolute atomic E-state index is 0.00774. The first kappa shape index (κ1) is 109. The summed E-state index contributed by atoms with van der Waals surface area (Å²) in [7, 11) is 1.09. The van der Waals surface area contributed by atoms with Crippen LogP contribution in [0.3, 0.4) is 0 Å². The highest BCUT2D eigenvalue weighted by Crippen LogP contribution is 2.61. The van der Waals surface area contributed by atoms with Crippen LogP contribution in [-0.4, -0.2) is 248 Å². The molecule has 16 rings (SSSR count). The van der Waals surface area contributed by atoms with Crippen LogP contribution in [0.2, 0.25) is 0 Å². The maximum Gasteiger partial charge on any atom is 0.386 e. The van der Waals surface area contributed by atoms with Gasteiger partial charge in [0.15, 0.2) is 22.9 Å². The van der Waals surface area contributed by atoms with Crippen molar-refractivity contribution in [1.82, 2.24) is 86.8 Å². The van der Waals surface area contributed by atoms with Crippen LogP contribution < -0.4 is 67.9 Å². The number of aryl methyl sites for hydroxylation is 5. The fraction of sp³-hybridized carbons (Fsp3) is 0.577. The number of fused-ring (bicyclic) bond motifs is 2. The van der Waals surface area contributed by atoms with Crippen molar-refractivity contribution in [3.63, 3.8) is 0 Å². The van der Waals surface area contributed by atoms with Gasteiger partial charge < -0.3 is 134 Å². The molecule has 58 nitrogen and oxygen atoms in total. The second kappa shape index (κ2) is 43.8. The molecule has 782 valence electrons. The van der Waals surface area contributed by atoms with Crippen LogP contribution in [0, 0.1) is 34.6 Å².